The molecule has 21 heavy (non-hydrogen) atoms. The first-order valence-corrected chi connectivity index (χ1v) is 9.53. The van der Waals surface area contributed by atoms with Crippen LogP contribution < -0.4 is 0 Å². The number of hydrogen-bond acceptors (Lipinski definition) is 5. The lowest BCUT2D eigenvalue weighted by molar-refractivity contribution is -0.144. The van der Waals surface area contributed by atoms with Crippen molar-refractivity contribution in [2.24, 2.45) is 5.92 Å². The Balaban J connectivity index is 2.22. The maximum atomic E-state index is 12.6. The fourth-order valence-corrected chi connectivity index (χ4v) is 5.72. The third-order valence-electron chi connectivity index (χ3n) is 3.85. The summed E-state index contributed by atoms with van der Waals surface area (Å²) in [7, 11) is -2.21. The molecule has 2 atom stereocenters. The minimum atomic E-state index is -3.48. The van der Waals surface area contributed by atoms with Gasteiger partial charge < -0.3 is 4.74 Å². The first-order chi connectivity index (χ1) is 9.90. The number of sulfonamides is 1. The van der Waals surface area contributed by atoms with Crippen LogP contribution in [0.2, 0.25) is 0 Å². The topological polar surface area (TPSA) is 63.7 Å². The molecule has 5 nitrogen and oxygen atoms in total. The Morgan fingerprint density at radius 3 is 2.90 bits per heavy atom. The van der Waals surface area contributed by atoms with Gasteiger partial charge in [-0.05, 0) is 29.9 Å². The van der Waals surface area contributed by atoms with Crippen LogP contribution in [0.1, 0.15) is 36.8 Å². The van der Waals surface area contributed by atoms with E-state index in [1.54, 1.807) is 22.6 Å². The summed E-state index contributed by atoms with van der Waals surface area (Å²) in [6.45, 7) is 4.07. The van der Waals surface area contributed by atoms with Crippen LogP contribution in [0.4, 0.5) is 0 Å². The lowest BCUT2D eigenvalue weighted by Gasteiger charge is -2.34. The van der Waals surface area contributed by atoms with Crippen molar-refractivity contribution in [2.75, 3.05) is 19.4 Å². The zero-order valence-corrected chi connectivity index (χ0v) is 14.2. The van der Waals surface area contributed by atoms with Crippen molar-refractivity contribution >= 4 is 27.3 Å². The fourth-order valence-electron chi connectivity index (χ4n) is 2.81. The molecular formula is C14H21NO4S2. The number of rotatable bonds is 5. The van der Waals surface area contributed by atoms with Crippen molar-refractivity contribution in [3.8, 4) is 0 Å². The summed E-state index contributed by atoms with van der Waals surface area (Å²) in [5.74, 6) is -1.34. The van der Waals surface area contributed by atoms with Crippen LogP contribution in [-0.2, 0) is 26.0 Å². The largest absolute Gasteiger partial charge is 0.469 e. The van der Waals surface area contributed by atoms with Crippen LogP contribution in [0.25, 0.3) is 0 Å². The molecule has 1 aliphatic rings. The average Bonchev–Trinajstić information content (AvgIpc) is 2.92. The molecule has 0 unspecified atom stereocenters. The van der Waals surface area contributed by atoms with Crippen molar-refractivity contribution in [2.45, 2.75) is 32.7 Å². The van der Waals surface area contributed by atoms with Crippen molar-refractivity contribution < 1.29 is 17.9 Å². The molecule has 1 aliphatic heterocycles. The molecule has 0 radical (unpaired) electrons. The van der Waals surface area contributed by atoms with Gasteiger partial charge >= 0.3 is 5.97 Å². The van der Waals surface area contributed by atoms with E-state index in [1.165, 1.54) is 12.0 Å². The van der Waals surface area contributed by atoms with Gasteiger partial charge in [-0.25, -0.2) is 8.42 Å². The van der Waals surface area contributed by atoms with Crippen LogP contribution in [0.3, 0.4) is 0 Å². The molecule has 1 aromatic heterocycles. The normalized spacial score (nSPS) is 20.8. The van der Waals surface area contributed by atoms with Crippen LogP contribution in [0.5, 0.6) is 0 Å². The number of thiophene rings is 1. The van der Waals surface area contributed by atoms with Crippen molar-refractivity contribution in [1.82, 2.24) is 4.31 Å². The number of hydrogen-bond donors (Lipinski definition) is 0. The third-order valence-corrected chi connectivity index (χ3v) is 6.92. The second kappa shape index (κ2) is 6.46. The summed E-state index contributed by atoms with van der Waals surface area (Å²) in [5, 5.41) is 2.01. The number of methoxy groups -OCH3 is 1. The Hall–Kier alpha value is -0.920. The predicted octanol–water partition coefficient (Wildman–Crippen LogP) is 2.20. The van der Waals surface area contributed by atoms with Crippen LogP contribution >= 0.6 is 11.3 Å². The van der Waals surface area contributed by atoms with Gasteiger partial charge in [0.05, 0.1) is 24.8 Å². The molecule has 0 bridgehead atoms. The zero-order chi connectivity index (χ0) is 15.6. The van der Waals surface area contributed by atoms with Gasteiger partial charge in [0.2, 0.25) is 10.0 Å². The minimum absolute atomic E-state index is 0.116. The summed E-state index contributed by atoms with van der Waals surface area (Å²) >= 11 is 1.68. The SMILES string of the molecule is CC[C@H]1c2ccsc2CCN1S(=O)(=O)C[C@@H](C)C(=O)OC. The van der Waals surface area contributed by atoms with Gasteiger partial charge in [0, 0.05) is 11.4 Å². The van der Waals surface area contributed by atoms with E-state index in [0.717, 1.165) is 18.4 Å². The molecule has 2 heterocycles. The smallest absolute Gasteiger partial charge is 0.309 e. The Morgan fingerprint density at radius 2 is 2.29 bits per heavy atom. The van der Waals surface area contributed by atoms with Crippen molar-refractivity contribution in [3.63, 3.8) is 0 Å². The van der Waals surface area contributed by atoms with Gasteiger partial charge in [-0.3, -0.25) is 4.79 Å². The van der Waals surface area contributed by atoms with Gasteiger partial charge in [-0.1, -0.05) is 13.8 Å². The van der Waals surface area contributed by atoms with Gasteiger partial charge in [-0.15, -0.1) is 11.3 Å². The molecule has 0 fully saturated rings. The standard InChI is InChI=1S/C14H21NO4S2/c1-4-12-11-6-8-20-13(11)5-7-15(12)21(17,18)9-10(2)14(16)19-3/h6,8,10,12H,4-5,7,9H2,1-3H3/t10-,12+/m1/s1. The highest BCUT2D eigenvalue weighted by Gasteiger charge is 2.36. The first kappa shape index (κ1) is 16.5. The molecule has 7 heteroatoms. The molecule has 0 aromatic carbocycles. The van der Waals surface area contributed by atoms with Crippen LogP contribution in [0.15, 0.2) is 11.4 Å². The molecule has 0 amide bonds. The minimum Gasteiger partial charge on any atom is -0.469 e. The average molecular weight is 331 g/mol. The predicted molar refractivity (Wildman–Crippen MR) is 82.7 cm³/mol. The number of carbonyl (C=O) groups is 1. The van der Waals surface area contributed by atoms with Crippen LogP contribution in [-0.4, -0.2) is 38.1 Å². The van der Waals surface area contributed by atoms with Gasteiger partial charge in [0.15, 0.2) is 0 Å². The van der Waals surface area contributed by atoms with E-state index < -0.39 is 21.9 Å². The maximum Gasteiger partial charge on any atom is 0.309 e. The Labute approximate surface area is 130 Å². The second-order valence-electron chi connectivity index (χ2n) is 5.29. The summed E-state index contributed by atoms with van der Waals surface area (Å²) in [4.78, 5) is 12.7. The lowest BCUT2D eigenvalue weighted by Crippen LogP contribution is -2.42. The summed E-state index contributed by atoms with van der Waals surface area (Å²) in [6, 6.07) is 1.90. The number of esters is 1. The number of nitrogens with zero attached hydrogens (tertiary/aromatic N) is 1. The molecule has 118 valence electrons. The molecule has 2 rings (SSSR count). The first-order valence-electron chi connectivity index (χ1n) is 7.04. The fraction of sp³-hybridized carbons (Fsp3) is 0.643. The van der Waals surface area contributed by atoms with E-state index in [9.17, 15) is 13.2 Å². The number of carbonyl (C=O) groups excluding carboxylic acids is 1. The van der Waals surface area contributed by atoms with Gasteiger partial charge in [0.1, 0.15) is 0 Å². The molecule has 0 saturated heterocycles. The highest BCUT2D eigenvalue weighted by atomic mass is 32.2. The zero-order valence-electron chi connectivity index (χ0n) is 12.5. The highest BCUT2D eigenvalue weighted by Crippen LogP contribution is 2.37. The molecule has 0 spiro atoms. The molecule has 0 saturated carbocycles. The summed E-state index contributed by atoms with van der Waals surface area (Å²) in [5.41, 5.74) is 1.11. The molecule has 0 aliphatic carbocycles. The maximum absolute atomic E-state index is 12.6. The quantitative estimate of drug-likeness (QED) is 0.776. The highest BCUT2D eigenvalue weighted by molar-refractivity contribution is 7.89. The van der Waals surface area contributed by atoms with E-state index in [-0.39, 0.29) is 11.8 Å². The third kappa shape index (κ3) is 3.30. The Kier molecular flexibility index (Phi) is 5.06. The summed E-state index contributed by atoms with van der Waals surface area (Å²) in [6.07, 6.45) is 1.48. The number of fused-ring (bicyclic) bond motifs is 1. The van der Waals surface area contributed by atoms with E-state index in [4.69, 9.17) is 0 Å². The van der Waals surface area contributed by atoms with Crippen molar-refractivity contribution in [1.29, 1.82) is 0 Å². The molecular weight excluding hydrogens is 310 g/mol. The van der Waals surface area contributed by atoms with E-state index in [0.29, 0.717) is 6.54 Å². The van der Waals surface area contributed by atoms with Crippen LogP contribution in [0, 0.1) is 5.92 Å². The Morgan fingerprint density at radius 1 is 1.57 bits per heavy atom. The second-order valence-corrected chi connectivity index (χ2v) is 8.25. The Bertz CT molecular complexity index is 608. The molecule has 1 aromatic rings. The van der Waals surface area contributed by atoms with Crippen molar-refractivity contribution in [3.05, 3.63) is 21.9 Å². The summed E-state index contributed by atoms with van der Waals surface area (Å²) < 4.78 is 31.5. The van der Waals surface area contributed by atoms with E-state index >= 15 is 0 Å². The van der Waals surface area contributed by atoms with E-state index in [2.05, 4.69) is 4.74 Å². The van der Waals surface area contributed by atoms with E-state index in [1.807, 2.05) is 18.4 Å². The number of ether oxygens (including phenoxy) is 1. The molecule has 0 N–H and O–H groups in total. The van der Waals surface area contributed by atoms with Gasteiger partial charge in [0.25, 0.3) is 0 Å². The lowest BCUT2D eigenvalue weighted by atomic mass is 10.0. The van der Waals surface area contributed by atoms with Gasteiger partial charge in [-0.2, -0.15) is 4.31 Å². The monoisotopic (exact) mass is 331 g/mol.